The molecule has 0 unspecified atom stereocenters. The van der Waals surface area contributed by atoms with E-state index in [4.69, 9.17) is 38.7 Å². The van der Waals surface area contributed by atoms with E-state index < -0.39 is 0 Å². The second-order valence-corrected chi connectivity index (χ2v) is 9.33. The van der Waals surface area contributed by atoms with Gasteiger partial charge in [-0.1, -0.05) is 54.4 Å². The van der Waals surface area contributed by atoms with Crippen LogP contribution >= 0.6 is 46.3 Å². The van der Waals surface area contributed by atoms with Crippen molar-refractivity contribution in [2.45, 2.75) is 49.8 Å². The van der Waals surface area contributed by atoms with E-state index in [2.05, 4.69) is 11.9 Å². The van der Waals surface area contributed by atoms with Crippen molar-refractivity contribution in [2.24, 2.45) is 0 Å². The van der Waals surface area contributed by atoms with Crippen molar-refractivity contribution in [3.05, 3.63) is 44.2 Å². The van der Waals surface area contributed by atoms with Gasteiger partial charge in [-0.15, -0.1) is 11.3 Å². The van der Waals surface area contributed by atoms with Crippen molar-refractivity contribution < 1.29 is 4.74 Å². The van der Waals surface area contributed by atoms with Crippen LogP contribution in [0.15, 0.2) is 23.4 Å². The Morgan fingerprint density at radius 1 is 1.30 bits per heavy atom. The van der Waals surface area contributed by atoms with Crippen LogP contribution in [0.1, 0.15) is 35.8 Å². The number of fused-ring (bicyclic) bond motifs is 3. The fraction of sp³-hybridized carbons (Fsp3) is 0.368. The Kier molecular flexibility index (Phi) is 5.81. The molecule has 3 aromatic rings. The van der Waals surface area contributed by atoms with Crippen molar-refractivity contribution >= 4 is 62.3 Å². The summed E-state index contributed by atoms with van der Waals surface area (Å²) in [6.45, 7) is 2.81. The molecule has 0 saturated heterocycles. The van der Waals surface area contributed by atoms with Gasteiger partial charge in [0.25, 0.3) is 0 Å². The third-order valence-electron chi connectivity index (χ3n) is 4.64. The number of hydrogen-bond donors (Lipinski definition) is 1. The predicted molar refractivity (Wildman–Crippen MR) is 115 cm³/mol. The molecule has 1 aromatic carbocycles. The van der Waals surface area contributed by atoms with Gasteiger partial charge in [0.2, 0.25) is 0 Å². The highest BCUT2D eigenvalue weighted by Crippen LogP contribution is 2.39. The monoisotopic (exact) mass is 439 g/mol. The number of nitrogen functional groups attached to an aromatic ring is 1. The average Bonchev–Trinajstić information content (AvgIpc) is 3.00. The molecule has 3 heterocycles. The zero-order valence-electron chi connectivity index (χ0n) is 14.8. The first-order chi connectivity index (χ1) is 13.1. The summed E-state index contributed by atoms with van der Waals surface area (Å²) in [4.78, 5) is 11.4. The average molecular weight is 440 g/mol. The van der Waals surface area contributed by atoms with Gasteiger partial charge in [-0.3, -0.25) is 0 Å². The minimum atomic E-state index is 0.260. The number of aromatic nitrogens is 2. The fourth-order valence-electron chi connectivity index (χ4n) is 3.30. The first-order valence-electron chi connectivity index (χ1n) is 8.81. The predicted octanol–water partition coefficient (Wildman–Crippen LogP) is 6.11. The summed E-state index contributed by atoms with van der Waals surface area (Å²) < 4.78 is 5.96. The molecule has 0 amide bonds. The zero-order valence-corrected chi connectivity index (χ0v) is 17.9. The smallest absolute Gasteiger partial charge is 0.191 e. The number of nitrogens with zero attached hydrogens (tertiary/aromatic N) is 2. The Labute approximate surface area is 176 Å². The van der Waals surface area contributed by atoms with Crippen LogP contribution in [0.3, 0.4) is 0 Å². The standard InChI is InChI=1S/C19H19Cl2N3OS2/c1-2-4-10-7-11-15(8-25-10)27-18-16(11)17(22)23-19(24-18)26-9-12-13(20)5-3-6-14(12)21/h3,5-6,10H,2,4,7-9H2,1H3,(H2,22,23,24)/t10-/m1/s1. The summed E-state index contributed by atoms with van der Waals surface area (Å²) in [5.74, 6) is 1.14. The van der Waals surface area contributed by atoms with Crippen LogP contribution < -0.4 is 5.73 Å². The van der Waals surface area contributed by atoms with Crippen molar-refractivity contribution in [2.75, 3.05) is 5.73 Å². The summed E-state index contributed by atoms with van der Waals surface area (Å²) in [7, 11) is 0. The van der Waals surface area contributed by atoms with E-state index in [1.807, 2.05) is 18.2 Å². The van der Waals surface area contributed by atoms with Gasteiger partial charge >= 0.3 is 0 Å². The largest absolute Gasteiger partial charge is 0.383 e. The van der Waals surface area contributed by atoms with Crippen LogP contribution in [-0.2, 0) is 23.5 Å². The quantitative estimate of drug-likeness (QED) is 0.383. The van der Waals surface area contributed by atoms with E-state index in [0.717, 1.165) is 35.0 Å². The molecule has 1 aliphatic rings. The highest BCUT2D eigenvalue weighted by atomic mass is 35.5. The van der Waals surface area contributed by atoms with Crippen molar-refractivity contribution in [1.82, 2.24) is 9.97 Å². The molecule has 1 aliphatic heterocycles. The Morgan fingerprint density at radius 2 is 2.07 bits per heavy atom. The highest BCUT2D eigenvalue weighted by Gasteiger charge is 2.25. The van der Waals surface area contributed by atoms with Crippen LogP contribution in [0, 0.1) is 0 Å². The number of ether oxygens (including phenoxy) is 1. The van der Waals surface area contributed by atoms with Gasteiger partial charge < -0.3 is 10.5 Å². The number of anilines is 1. The van der Waals surface area contributed by atoms with Gasteiger partial charge in [-0.05, 0) is 29.7 Å². The summed E-state index contributed by atoms with van der Waals surface area (Å²) in [5, 5.41) is 2.93. The first kappa shape index (κ1) is 19.3. The maximum absolute atomic E-state index is 6.32. The molecule has 0 bridgehead atoms. The van der Waals surface area contributed by atoms with Crippen molar-refractivity contribution in [3.8, 4) is 0 Å². The van der Waals surface area contributed by atoms with Crippen LogP contribution in [-0.4, -0.2) is 16.1 Å². The minimum Gasteiger partial charge on any atom is -0.383 e. The lowest BCUT2D eigenvalue weighted by atomic mass is 10.0. The molecular formula is C19H19Cl2N3OS2. The number of thiophene rings is 1. The minimum absolute atomic E-state index is 0.260. The van der Waals surface area contributed by atoms with Crippen LogP contribution in [0.5, 0.6) is 0 Å². The van der Waals surface area contributed by atoms with Crippen LogP contribution in [0.25, 0.3) is 10.2 Å². The Bertz CT molecular complexity index is 972. The van der Waals surface area contributed by atoms with Crippen LogP contribution in [0.4, 0.5) is 5.82 Å². The maximum atomic E-state index is 6.32. The number of rotatable bonds is 5. The lowest BCUT2D eigenvalue weighted by Gasteiger charge is -2.22. The van der Waals surface area contributed by atoms with E-state index in [9.17, 15) is 0 Å². The van der Waals surface area contributed by atoms with Gasteiger partial charge in [-0.25, -0.2) is 9.97 Å². The lowest BCUT2D eigenvalue weighted by molar-refractivity contribution is 0.0254. The Morgan fingerprint density at radius 3 is 2.81 bits per heavy atom. The Balaban J connectivity index is 1.61. The van der Waals surface area contributed by atoms with Gasteiger partial charge in [-0.2, -0.15) is 0 Å². The van der Waals surface area contributed by atoms with E-state index in [0.29, 0.717) is 33.4 Å². The van der Waals surface area contributed by atoms with Gasteiger partial charge in [0, 0.05) is 27.1 Å². The molecule has 2 aromatic heterocycles. The maximum Gasteiger partial charge on any atom is 0.191 e. The summed E-state index contributed by atoms with van der Waals surface area (Å²) in [6.07, 6.45) is 3.32. The van der Waals surface area contributed by atoms with E-state index in [1.54, 1.807) is 11.3 Å². The number of hydrogen-bond acceptors (Lipinski definition) is 6. The molecule has 1 atom stereocenters. The number of thioether (sulfide) groups is 1. The van der Waals surface area contributed by atoms with E-state index >= 15 is 0 Å². The molecule has 8 heteroatoms. The zero-order chi connectivity index (χ0) is 19.0. The van der Waals surface area contributed by atoms with E-state index in [-0.39, 0.29) is 6.10 Å². The summed E-state index contributed by atoms with van der Waals surface area (Å²) >= 11 is 15.7. The SMILES string of the molecule is CCC[C@@H]1Cc2c(sc3nc(SCc4c(Cl)cccc4Cl)nc(N)c23)CO1. The number of nitrogens with two attached hydrogens (primary N) is 1. The Hall–Kier alpha value is -1.05. The van der Waals surface area contributed by atoms with Crippen molar-refractivity contribution in [1.29, 1.82) is 0 Å². The second kappa shape index (κ2) is 8.13. The second-order valence-electron chi connectivity index (χ2n) is 6.49. The molecule has 0 radical (unpaired) electrons. The topological polar surface area (TPSA) is 61.0 Å². The third kappa shape index (κ3) is 3.91. The van der Waals surface area contributed by atoms with E-state index in [1.165, 1.54) is 22.2 Å². The molecule has 0 saturated carbocycles. The number of halogens is 2. The van der Waals surface area contributed by atoms with Crippen molar-refractivity contribution in [3.63, 3.8) is 0 Å². The fourth-order valence-corrected chi connectivity index (χ4v) is 6.08. The third-order valence-corrected chi connectivity index (χ3v) is 7.32. The summed E-state index contributed by atoms with van der Waals surface area (Å²) in [5.41, 5.74) is 8.47. The van der Waals surface area contributed by atoms with Gasteiger partial charge in [0.15, 0.2) is 5.16 Å². The molecule has 0 aliphatic carbocycles. The van der Waals surface area contributed by atoms with Gasteiger partial charge in [0.1, 0.15) is 10.6 Å². The molecular weight excluding hydrogens is 421 g/mol. The normalized spacial score (nSPS) is 16.6. The summed E-state index contributed by atoms with van der Waals surface area (Å²) in [6, 6.07) is 5.51. The molecule has 0 fully saturated rings. The first-order valence-corrected chi connectivity index (χ1v) is 11.4. The lowest BCUT2D eigenvalue weighted by Crippen LogP contribution is -2.21. The molecule has 4 nitrogen and oxygen atoms in total. The highest BCUT2D eigenvalue weighted by molar-refractivity contribution is 7.98. The molecule has 4 rings (SSSR count). The molecule has 0 spiro atoms. The molecule has 142 valence electrons. The van der Waals surface area contributed by atoms with Crippen LogP contribution in [0.2, 0.25) is 10.0 Å². The molecule has 27 heavy (non-hydrogen) atoms. The molecule has 2 N–H and O–H groups in total. The number of benzene rings is 1. The van der Waals surface area contributed by atoms with Gasteiger partial charge in [0.05, 0.1) is 18.1 Å².